The van der Waals surface area contributed by atoms with Crippen molar-refractivity contribution in [2.75, 3.05) is 0 Å². The van der Waals surface area contributed by atoms with Gasteiger partial charge in [0.25, 0.3) is 0 Å². The third kappa shape index (κ3) is 1.89. The molecule has 0 heterocycles. The lowest BCUT2D eigenvalue weighted by Crippen LogP contribution is -1.37. The van der Waals surface area contributed by atoms with Crippen LogP contribution in [0.3, 0.4) is 0 Å². The summed E-state index contributed by atoms with van der Waals surface area (Å²) in [5.74, 6) is 0. The van der Waals surface area contributed by atoms with Gasteiger partial charge in [-0.05, 0) is 0 Å². The largest absolute Gasteiger partial charge is 0.747 e. The molecule has 0 fully saturated rings. The van der Waals surface area contributed by atoms with Crippen molar-refractivity contribution in [1.82, 2.24) is 0 Å². The summed E-state index contributed by atoms with van der Waals surface area (Å²) in [6, 6.07) is 0. The van der Waals surface area contributed by atoms with Crippen molar-refractivity contribution in [2.24, 2.45) is 0 Å². The molecule has 4 heavy (non-hydrogen) atoms. The van der Waals surface area contributed by atoms with Crippen molar-refractivity contribution in [3.05, 3.63) is 12.0 Å². The minimum Gasteiger partial charge on any atom is -0.213 e. The number of hydrogen-bond donors (Lipinski definition) is 0. The van der Waals surface area contributed by atoms with Gasteiger partial charge in [0.1, 0.15) is 12.0 Å². The van der Waals surface area contributed by atoms with E-state index in [2.05, 4.69) is 10.2 Å². The highest BCUT2D eigenvalue weighted by Gasteiger charge is 1.69. The molecule has 0 aliphatic carbocycles. The monoisotopic (exact) mass is 73.0 g/mol. The fourth-order valence-corrected chi connectivity index (χ4v) is 0. The normalized spacial score (nSPS) is 9.25. The summed E-state index contributed by atoms with van der Waals surface area (Å²) in [5, 5.41) is 0. The maximum Gasteiger partial charge on any atom is 0.747 e. The van der Waals surface area contributed by atoms with Gasteiger partial charge in [0.2, 0.25) is 0 Å². The van der Waals surface area contributed by atoms with Gasteiger partial charge >= 0.3 is 10.2 Å². The average molecular weight is 73.1 g/mol. The summed E-state index contributed by atoms with van der Waals surface area (Å²) in [4.78, 5) is 0. The minimum atomic E-state index is 0.414. The molecule has 0 aromatic carbocycles. The molecule has 0 amide bonds. The lowest BCUT2D eigenvalue weighted by molar-refractivity contribution is 0.723. The molecule has 0 unspecified atom stereocenters. The van der Waals surface area contributed by atoms with Crippen LogP contribution in [0.1, 0.15) is 0 Å². The van der Waals surface area contributed by atoms with Crippen LogP contribution in [0.15, 0.2) is 12.0 Å². The van der Waals surface area contributed by atoms with Gasteiger partial charge < -0.3 is 0 Å². The Morgan fingerprint density at radius 1 is 1.75 bits per heavy atom. The van der Waals surface area contributed by atoms with Crippen LogP contribution >= 0.6 is 0 Å². The molecular formula is C2H2FSi+. The Morgan fingerprint density at radius 3 is 2.00 bits per heavy atom. The molecule has 2 heteroatoms. The Morgan fingerprint density at radius 2 is 2.00 bits per heavy atom. The van der Waals surface area contributed by atoms with E-state index in [-0.39, 0.29) is 0 Å². The zero-order valence-electron chi connectivity index (χ0n) is 2.03. The molecule has 0 saturated carbocycles. The van der Waals surface area contributed by atoms with Crippen LogP contribution in [-0.4, -0.2) is 10.2 Å². The van der Waals surface area contributed by atoms with Crippen LogP contribution in [0.4, 0.5) is 4.39 Å². The number of rotatable bonds is 0. The molecule has 20 valence electrons. The predicted molar refractivity (Wildman–Crippen MR) is 16.0 cm³/mol. The van der Waals surface area contributed by atoms with Gasteiger partial charge in [0.15, 0.2) is 0 Å². The highest BCUT2D eigenvalue weighted by molar-refractivity contribution is 6.16. The summed E-state index contributed by atoms with van der Waals surface area (Å²) >= 11 is 0. The van der Waals surface area contributed by atoms with E-state index in [0.717, 1.165) is 5.70 Å². The SMILES string of the molecule is F/C=C/[Si+]. The van der Waals surface area contributed by atoms with Crippen molar-refractivity contribution < 1.29 is 4.39 Å². The van der Waals surface area contributed by atoms with Crippen LogP contribution < -0.4 is 0 Å². The third-order valence-corrected chi connectivity index (χ3v) is 0.189. The first kappa shape index (κ1) is 3.89. The molecular weight excluding hydrogens is 71.1 g/mol. The lowest BCUT2D eigenvalue weighted by Gasteiger charge is -1.31. The van der Waals surface area contributed by atoms with E-state index in [0.29, 0.717) is 6.33 Å². The molecule has 0 saturated heterocycles. The summed E-state index contributed by atoms with van der Waals surface area (Å²) < 4.78 is 10.5. The maximum atomic E-state index is 10.5. The molecule has 0 N–H and O–H groups in total. The zero-order chi connectivity index (χ0) is 3.41. The molecule has 0 aromatic rings. The zero-order valence-corrected chi connectivity index (χ0v) is 3.03. The van der Waals surface area contributed by atoms with E-state index in [4.69, 9.17) is 0 Å². The first-order valence-corrected chi connectivity index (χ1v) is 1.42. The van der Waals surface area contributed by atoms with Crippen LogP contribution in [0.5, 0.6) is 0 Å². The first-order valence-electron chi connectivity index (χ1n) is 0.840. The van der Waals surface area contributed by atoms with E-state index in [9.17, 15) is 4.39 Å². The fourth-order valence-electron chi connectivity index (χ4n) is 0. The van der Waals surface area contributed by atoms with Crippen molar-refractivity contribution in [3.63, 3.8) is 0 Å². The molecule has 0 aliphatic rings. The molecule has 0 rings (SSSR count). The molecule has 0 bridgehead atoms. The second-order valence-corrected chi connectivity index (χ2v) is 0.626. The molecule has 0 nitrogen and oxygen atoms in total. The molecule has 0 atom stereocenters. The second-order valence-electron chi connectivity index (χ2n) is 0.293. The second kappa shape index (κ2) is 2.89. The van der Waals surface area contributed by atoms with E-state index in [1.807, 2.05) is 0 Å². The van der Waals surface area contributed by atoms with E-state index >= 15 is 0 Å². The van der Waals surface area contributed by atoms with Crippen LogP contribution in [-0.2, 0) is 0 Å². The Kier molecular flexibility index (Phi) is 2.81. The Hall–Kier alpha value is -0.113. The van der Waals surface area contributed by atoms with Crippen LogP contribution in [0.2, 0.25) is 0 Å². The summed E-state index contributed by atoms with van der Waals surface area (Å²) in [6.07, 6.45) is 0.414. The summed E-state index contributed by atoms with van der Waals surface area (Å²) in [6.45, 7) is 0. The quantitative estimate of drug-likeness (QED) is 0.368. The smallest absolute Gasteiger partial charge is 0.213 e. The van der Waals surface area contributed by atoms with Crippen LogP contribution in [0.25, 0.3) is 0 Å². The Balaban J connectivity index is 2.55. The van der Waals surface area contributed by atoms with Gasteiger partial charge in [-0.25, -0.2) is 4.39 Å². The lowest BCUT2D eigenvalue weighted by atomic mass is 11.2. The Labute approximate surface area is 27.8 Å². The van der Waals surface area contributed by atoms with Crippen molar-refractivity contribution in [3.8, 4) is 0 Å². The van der Waals surface area contributed by atoms with Gasteiger partial charge in [-0.1, -0.05) is 0 Å². The highest BCUT2D eigenvalue weighted by atomic mass is 28.1. The van der Waals surface area contributed by atoms with Gasteiger partial charge in [-0.15, -0.1) is 0 Å². The minimum absolute atomic E-state index is 0.414. The molecule has 0 aromatic heterocycles. The van der Waals surface area contributed by atoms with Gasteiger partial charge in [-0.3, -0.25) is 0 Å². The van der Waals surface area contributed by atoms with Gasteiger partial charge in [-0.2, -0.15) is 0 Å². The van der Waals surface area contributed by atoms with Crippen LogP contribution in [0, 0.1) is 0 Å². The highest BCUT2D eigenvalue weighted by Crippen LogP contribution is 1.57. The summed E-state index contributed by atoms with van der Waals surface area (Å²) in [7, 11) is 2.73. The molecule has 0 spiro atoms. The van der Waals surface area contributed by atoms with Crippen molar-refractivity contribution in [2.45, 2.75) is 0 Å². The predicted octanol–water partition coefficient (Wildman–Crippen LogP) is 0.596. The third-order valence-electron chi connectivity index (χ3n) is 0.0630. The van der Waals surface area contributed by atoms with Crippen molar-refractivity contribution >= 4 is 10.2 Å². The molecule has 0 aliphatic heterocycles. The van der Waals surface area contributed by atoms with Gasteiger partial charge in [0, 0.05) is 0 Å². The van der Waals surface area contributed by atoms with Crippen molar-refractivity contribution in [1.29, 1.82) is 0 Å². The van der Waals surface area contributed by atoms with E-state index in [1.54, 1.807) is 0 Å². The maximum absolute atomic E-state index is 10.5. The Bertz CT molecular complexity index is 21.2. The fraction of sp³-hybridized carbons (Fsp3) is 0. The standard InChI is InChI=1S/C2H2FSi/c3-1-2-4/h1-2H/q+1/b2-1+. The number of halogens is 1. The van der Waals surface area contributed by atoms with Gasteiger partial charge in [0.05, 0.1) is 0 Å². The van der Waals surface area contributed by atoms with E-state index in [1.165, 1.54) is 0 Å². The average Bonchev–Trinajstić information content (AvgIpc) is 1.37. The summed E-state index contributed by atoms with van der Waals surface area (Å²) in [5.41, 5.74) is 1.14. The topological polar surface area (TPSA) is 0 Å². The number of hydrogen-bond acceptors (Lipinski definition) is 0. The first-order chi connectivity index (χ1) is 1.91. The molecule has 2 radical (unpaired) electrons. The van der Waals surface area contributed by atoms with E-state index < -0.39 is 0 Å².